The molecule has 1 aliphatic carbocycles. The van der Waals surface area contributed by atoms with E-state index in [1.54, 1.807) is 0 Å². The van der Waals surface area contributed by atoms with Gasteiger partial charge in [0.1, 0.15) is 0 Å². The molecule has 0 aromatic heterocycles. The smallest absolute Gasteiger partial charge is 0.0193 e. The molecule has 108 valence electrons. The van der Waals surface area contributed by atoms with Gasteiger partial charge in [0, 0.05) is 18.6 Å². The van der Waals surface area contributed by atoms with E-state index in [1.165, 1.54) is 45.1 Å². The molecule has 2 unspecified atom stereocenters. The van der Waals surface area contributed by atoms with Crippen LogP contribution in [0.4, 0.5) is 0 Å². The molecule has 0 saturated heterocycles. The van der Waals surface area contributed by atoms with Gasteiger partial charge in [0.25, 0.3) is 0 Å². The van der Waals surface area contributed by atoms with Gasteiger partial charge in [-0.3, -0.25) is 4.90 Å². The van der Waals surface area contributed by atoms with Crippen molar-refractivity contribution in [3.63, 3.8) is 0 Å². The first-order valence-electron chi connectivity index (χ1n) is 8.04. The molecule has 0 aromatic rings. The van der Waals surface area contributed by atoms with Crippen LogP contribution in [0.1, 0.15) is 66.2 Å². The summed E-state index contributed by atoms with van der Waals surface area (Å²) in [5.74, 6) is 1.45. The average molecular weight is 254 g/mol. The standard InChI is InChI=1S/C16H34N2/c1-5-14(4)16(17)12-18(11-10-13(2)3)15-8-6-7-9-15/h13-16H,5-12,17H2,1-4H3. The highest BCUT2D eigenvalue weighted by Gasteiger charge is 2.25. The Morgan fingerprint density at radius 2 is 1.78 bits per heavy atom. The Morgan fingerprint density at radius 1 is 1.17 bits per heavy atom. The number of rotatable bonds is 8. The van der Waals surface area contributed by atoms with Gasteiger partial charge < -0.3 is 5.73 Å². The summed E-state index contributed by atoms with van der Waals surface area (Å²) in [6.45, 7) is 11.5. The lowest BCUT2D eigenvalue weighted by Crippen LogP contribution is -2.45. The molecular weight excluding hydrogens is 220 g/mol. The van der Waals surface area contributed by atoms with Crippen molar-refractivity contribution in [1.82, 2.24) is 4.90 Å². The second-order valence-corrected chi connectivity index (χ2v) is 6.67. The molecule has 1 fully saturated rings. The summed E-state index contributed by atoms with van der Waals surface area (Å²) in [5.41, 5.74) is 6.36. The van der Waals surface area contributed by atoms with E-state index < -0.39 is 0 Å². The maximum Gasteiger partial charge on any atom is 0.0193 e. The lowest BCUT2D eigenvalue weighted by Gasteiger charge is -2.33. The van der Waals surface area contributed by atoms with E-state index in [0.29, 0.717) is 12.0 Å². The van der Waals surface area contributed by atoms with Crippen molar-refractivity contribution >= 4 is 0 Å². The van der Waals surface area contributed by atoms with Crippen molar-refractivity contribution in [1.29, 1.82) is 0 Å². The zero-order valence-electron chi connectivity index (χ0n) is 13.0. The zero-order valence-corrected chi connectivity index (χ0v) is 13.0. The maximum atomic E-state index is 6.36. The molecule has 0 bridgehead atoms. The molecule has 2 atom stereocenters. The lowest BCUT2D eigenvalue weighted by atomic mass is 9.98. The summed E-state index contributed by atoms with van der Waals surface area (Å²) in [5, 5.41) is 0. The molecule has 1 rings (SSSR count). The molecule has 18 heavy (non-hydrogen) atoms. The summed E-state index contributed by atoms with van der Waals surface area (Å²) >= 11 is 0. The van der Waals surface area contributed by atoms with Crippen LogP contribution in [0.15, 0.2) is 0 Å². The highest BCUT2D eigenvalue weighted by atomic mass is 15.2. The summed E-state index contributed by atoms with van der Waals surface area (Å²) in [7, 11) is 0. The van der Waals surface area contributed by atoms with Gasteiger partial charge in [0.15, 0.2) is 0 Å². The van der Waals surface area contributed by atoms with Gasteiger partial charge in [0.2, 0.25) is 0 Å². The summed E-state index contributed by atoms with van der Waals surface area (Å²) in [6.07, 6.45) is 8.13. The molecule has 2 N–H and O–H groups in total. The third-order valence-corrected chi connectivity index (χ3v) is 4.65. The van der Waals surface area contributed by atoms with Crippen LogP contribution in [0.2, 0.25) is 0 Å². The van der Waals surface area contributed by atoms with Crippen LogP contribution in [0.3, 0.4) is 0 Å². The molecule has 0 aliphatic heterocycles. The van der Waals surface area contributed by atoms with E-state index in [-0.39, 0.29) is 0 Å². The van der Waals surface area contributed by atoms with Gasteiger partial charge in [-0.15, -0.1) is 0 Å². The third-order valence-electron chi connectivity index (χ3n) is 4.65. The van der Waals surface area contributed by atoms with Gasteiger partial charge in [-0.1, -0.05) is 47.0 Å². The highest BCUT2D eigenvalue weighted by Crippen LogP contribution is 2.25. The Balaban J connectivity index is 2.47. The number of hydrogen-bond donors (Lipinski definition) is 1. The van der Waals surface area contributed by atoms with E-state index in [0.717, 1.165) is 18.5 Å². The minimum atomic E-state index is 0.350. The Kier molecular flexibility index (Phi) is 7.25. The fraction of sp³-hybridized carbons (Fsp3) is 1.00. The third kappa shape index (κ3) is 5.27. The Bertz CT molecular complexity index is 209. The predicted molar refractivity (Wildman–Crippen MR) is 80.7 cm³/mol. The average Bonchev–Trinajstić information content (AvgIpc) is 2.86. The van der Waals surface area contributed by atoms with Crippen LogP contribution in [0.25, 0.3) is 0 Å². The van der Waals surface area contributed by atoms with Crippen molar-refractivity contribution in [3.8, 4) is 0 Å². The Labute approximate surface area is 114 Å². The van der Waals surface area contributed by atoms with Gasteiger partial charge in [-0.05, 0) is 37.6 Å². The summed E-state index contributed by atoms with van der Waals surface area (Å²) < 4.78 is 0. The van der Waals surface area contributed by atoms with E-state index in [9.17, 15) is 0 Å². The fourth-order valence-electron chi connectivity index (χ4n) is 2.87. The first-order chi connectivity index (χ1) is 8.54. The predicted octanol–water partition coefficient (Wildman–Crippen LogP) is 3.65. The maximum absolute atomic E-state index is 6.36. The minimum Gasteiger partial charge on any atom is -0.326 e. The Morgan fingerprint density at radius 3 is 2.28 bits per heavy atom. The van der Waals surface area contributed by atoms with Crippen molar-refractivity contribution in [3.05, 3.63) is 0 Å². The quantitative estimate of drug-likeness (QED) is 0.716. The molecule has 0 heterocycles. The molecule has 0 aromatic carbocycles. The van der Waals surface area contributed by atoms with E-state index in [4.69, 9.17) is 5.73 Å². The Hall–Kier alpha value is -0.0800. The van der Waals surface area contributed by atoms with Crippen LogP contribution < -0.4 is 5.73 Å². The van der Waals surface area contributed by atoms with Crippen molar-refractivity contribution in [2.75, 3.05) is 13.1 Å². The SMILES string of the molecule is CCC(C)C(N)CN(CCC(C)C)C1CCCC1. The van der Waals surface area contributed by atoms with Gasteiger partial charge >= 0.3 is 0 Å². The summed E-state index contributed by atoms with van der Waals surface area (Å²) in [6, 6.07) is 1.17. The zero-order chi connectivity index (χ0) is 13.5. The molecule has 0 radical (unpaired) electrons. The van der Waals surface area contributed by atoms with Gasteiger partial charge in [-0.25, -0.2) is 0 Å². The summed E-state index contributed by atoms with van der Waals surface area (Å²) in [4.78, 5) is 2.70. The number of nitrogens with two attached hydrogens (primary N) is 1. The fourth-order valence-corrected chi connectivity index (χ4v) is 2.87. The molecule has 0 spiro atoms. The number of hydrogen-bond acceptors (Lipinski definition) is 2. The highest BCUT2D eigenvalue weighted by molar-refractivity contribution is 4.82. The molecule has 1 saturated carbocycles. The monoisotopic (exact) mass is 254 g/mol. The molecule has 2 heteroatoms. The normalized spacial score (nSPS) is 20.8. The first kappa shape index (κ1) is 16.0. The first-order valence-corrected chi connectivity index (χ1v) is 8.04. The van der Waals surface area contributed by atoms with Crippen LogP contribution >= 0.6 is 0 Å². The minimum absolute atomic E-state index is 0.350. The molecular formula is C16H34N2. The molecule has 0 amide bonds. The van der Waals surface area contributed by atoms with E-state index in [2.05, 4.69) is 32.6 Å². The second kappa shape index (κ2) is 8.16. The van der Waals surface area contributed by atoms with Crippen LogP contribution in [0.5, 0.6) is 0 Å². The van der Waals surface area contributed by atoms with Crippen LogP contribution in [-0.4, -0.2) is 30.1 Å². The van der Waals surface area contributed by atoms with Crippen LogP contribution in [0, 0.1) is 11.8 Å². The number of nitrogens with zero attached hydrogens (tertiary/aromatic N) is 1. The van der Waals surface area contributed by atoms with Crippen molar-refractivity contribution in [2.24, 2.45) is 17.6 Å². The van der Waals surface area contributed by atoms with E-state index in [1.807, 2.05) is 0 Å². The molecule has 1 aliphatic rings. The topological polar surface area (TPSA) is 29.3 Å². The van der Waals surface area contributed by atoms with Crippen molar-refractivity contribution < 1.29 is 0 Å². The van der Waals surface area contributed by atoms with Crippen LogP contribution in [-0.2, 0) is 0 Å². The largest absolute Gasteiger partial charge is 0.326 e. The van der Waals surface area contributed by atoms with Gasteiger partial charge in [0.05, 0.1) is 0 Å². The molecule has 2 nitrogen and oxygen atoms in total. The second-order valence-electron chi connectivity index (χ2n) is 6.67. The van der Waals surface area contributed by atoms with E-state index >= 15 is 0 Å². The van der Waals surface area contributed by atoms with Gasteiger partial charge in [-0.2, -0.15) is 0 Å². The van der Waals surface area contributed by atoms with Crippen molar-refractivity contribution in [2.45, 2.75) is 78.3 Å². The lowest BCUT2D eigenvalue weighted by molar-refractivity contribution is 0.163.